The first kappa shape index (κ1) is 17.7. The van der Waals surface area contributed by atoms with Crippen molar-refractivity contribution >= 4 is 39.1 Å². The Hall–Kier alpha value is -2.15. The first-order valence-corrected chi connectivity index (χ1v) is 9.40. The Morgan fingerprint density at radius 3 is 2.88 bits per heavy atom. The fourth-order valence-corrected chi connectivity index (χ4v) is 4.54. The maximum atomic E-state index is 12.1. The van der Waals surface area contributed by atoms with Gasteiger partial charge in [-0.2, -0.15) is 0 Å². The predicted molar refractivity (Wildman–Crippen MR) is 101 cm³/mol. The summed E-state index contributed by atoms with van der Waals surface area (Å²) in [6, 6.07) is 3.93. The van der Waals surface area contributed by atoms with Crippen LogP contribution in [-0.2, 0) is 10.2 Å². The zero-order chi connectivity index (χ0) is 18.2. The van der Waals surface area contributed by atoms with Crippen molar-refractivity contribution in [3.8, 4) is 0 Å². The molecule has 1 atom stereocenters. The van der Waals surface area contributed by atoms with E-state index in [2.05, 4.69) is 12.2 Å². The van der Waals surface area contributed by atoms with E-state index in [0.29, 0.717) is 23.5 Å². The van der Waals surface area contributed by atoms with Gasteiger partial charge in [-0.15, -0.1) is 11.3 Å². The second-order valence-corrected chi connectivity index (χ2v) is 7.81. The van der Waals surface area contributed by atoms with Crippen molar-refractivity contribution < 1.29 is 9.59 Å². The summed E-state index contributed by atoms with van der Waals surface area (Å²) in [5, 5.41) is 3.43. The average molecular weight is 360 g/mol. The van der Waals surface area contributed by atoms with Gasteiger partial charge in [0.25, 0.3) is 5.91 Å². The second-order valence-electron chi connectivity index (χ2n) is 6.81. The van der Waals surface area contributed by atoms with Gasteiger partial charge in [0, 0.05) is 43.1 Å². The van der Waals surface area contributed by atoms with Crippen molar-refractivity contribution in [2.75, 3.05) is 25.9 Å². The van der Waals surface area contributed by atoms with Crippen LogP contribution in [0.5, 0.6) is 0 Å². The number of hydrogen-bond acceptors (Lipinski definition) is 5. The van der Waals surface area contributed by atoms with E-state index >= 15 is 0 Å². The maximum absolute atomic E-state index is 12.1. The van der Waals surface area contributed by atoms with Crippen LogP contribution >= 0.6 is 11.3 Å². The molecule has 0 aromatic carbocycles. The smallest absolute Gasteiger partial charge is 0.263 e. The summed E-state index contributed by atoms with van der Waals surface area (Å²) in [7, 11) is 1.59. The van der Waals surface area contributed by atoms with Gasteiger partial charge < -0.3 is 16.0 Å². The summed E-state index contributed by atoms with van der Waals surface area (Å²) in [6.45, 7) is 5.55. The van der Waals surface area contributed by atoms with Crippen LogP contribution in [0.2, 0.25) is 0 Å². The van der Waals surface area contributed by atoms with E-state index in [0.717, 1.165) is 35.3 Å². The Morgan fingerprint density at radius 1 is 1.44 bits per heavy atom. The van der Waals surface area contributed by atoms with E-state index in [-0.39, 0.29) is 17.2 Å². The van der Waals surface area contributed by atoms with Crippen molar-refractivity contribution in [2.24, 2.45) is 0 Å². The second kappa shape index (κ2) is 6.63. The lowest BCUT2D eigenvalue weighted by atomic mass is 9.78. The van der Waals surface area contributed by atoms with Gasteiger partial charge in [0.1, 0.15) is 9.71 Å². The number of piperidine rings is 1. The maximum Gasteiger partial charge on any atom is 0.263 e. The summed E-state index contributed by atoms with van der Waals surface area (Å²) in [5.74, 6) is -0.0000741. The van der Waals surface area contributed by atoms with E-state index in [9.17, 15) is 9.59 Å². The fourth-order valence-electron chi connectivity index (χ4n) is 3.50. The molecule has 1 saturated heterocycles. The molecule has 0 spiro atoms. The number of fused-ring (bicyclic) bond motifs is 1. The zero-order valence-electron chi connectivity index (χ0n) is 14.9. The highest BCUT2D eigenvalue weighted by atomic mass is 32.1. The Morgan fingerprint density at radius 2 is 2.20 bits per heavy atom. The van der Waals surface area contributed by atoms with Crippen molar-refractivity contribution in [3.05, 3.63) is 22.7 Å². The normalized spacial score (nSPS) is 20.7. The van der Waals surface area contributed by atoms with Gasteiger partial charge in [-0.05, 0) is 25.0 Å². The minimum absolute atomic E-state index is 0.177. The number of aromatic nitrogens is 1. The van der Waals surface area contributed by atoms with Crippen LogP contribution in [0.1, 0.15) is 48.5 Å². The monoisotopic (exact) mass is 360 g/mol. The van der Waals surface area contributed by atoms with E-state index in [1.807, 2.05) is 24.0 Å². The minimum atomic E-state index is -0.189. The van der Waals surface area contributed by atoms with Gasteiger partial charge in [0.05, 0.1) is 5.69 Å². The van der Waals surface area contributed by atoms with E-state index in [1.165, 1.54) is 11.3 Å². The third-order valence-corrected chi connectivity index (χ3v) is 6.11. The number of nitrogens with two attached hydrogens (primary N) is 1. The molecule has 0 unspecified atom stereocenters. The first-order chi connectivity index (χ1) is 11.9. The molecule has 2 aromatic heterocycles. The summed E-state index contributed by atoms with van der Waals surface area (Å²) >= 11 is 1.32. The number of nitrogen functional groups attached to an aromatic ring is 1. The quantitative estimate of drug-likeness (QED) is 0.880. The van der Waals surface area contributed by atoms with Gasteiger partial charge >= 0.3 is 0 Å². The SMILES string of the molecule is CCC(=O)N1CCC[C@](C)(c2ccc3c(N)c(C(=O)NC)sc3n2)C1. The van der Waals surface area contributed by atoms with Crippen molar-refractivity contribution in [1.82, 2.24) is 15.2 Å². The Labute approximate surface area is 151 Å². The Bertz CT molecular complexity index is 832. The van der Waals surface area contributed by atoms with Crippen LogP contribution in [0.3, 0.4) is 0 Å². The van der Waals surface area contributed by atoms with Crippen molar-refractivity contribution in [3.63, 3.8) is 0 Å². The molecule has 1 fully saturated rings. The number of likely N-dealkylation sites (tertiary alicyclic amines) is 1. The van der Waals surface area contributed by atoms with Crippen LogP contribution in [0.4, 0.5) is 5.69 Å². The van der Waals surface area contributed by atoms with Crippen LogP contribution < -0.4 is 11.1 Å². The van der Waals surface area contributed by atoms with Gasteiger partial charge in [0.15, 0.2) is 0 Å². The predicted octanol–water partition coefficient (Wildman–Crippen LogP) is 2.53. The van der Waals surface area contributed by atoms with Crippen LogP contribution in [-0.4, -0.2) is 41.8 Å². The molecular weight excluding hydrogens is 336 g/mol. The molecule has 0 saturated carbocycles. The number of thiophene rings is 1. The van der Waals surface area contributed by atoms with Crippen LogP contribution in [0, 0.1) is 0 Å². The lowest BCUT2D eigenvalue weighted by Gasteiger charge is -2.40. The molecule has 1 aliphatic heterocycles. The Balaban J connectivity index is 1.98. The van der Waals surface area contributed by atoms with E-state index in [1.54, 1.807) is 7.05 Å². The van der Waals surface area contributed by atoms with E-state index in [4.69, 9.17) is 10.7 Å². The molecular formula is C18H24N4O2S. The summed E-state index contributed by atoms with van der Waals surface area (Å²) in [4.78, 5) is 32.1. The lowest BCUT2D eigenvalue weighted by molar-refractivity contribution is -0.133. The highest BCUT2D eigenvalue weighted by Gasteiger charge is 2.35. The fraction of sp³-hybridized carbons (Fsp3) is 0.500. The molecule has 3 N–H and O–H groups in total. The third kappa shape index (κ3) is 3.08. The summed E-state index contributed by atoms with van der Waals surface area (Å²) in [5.41, 5.74) is 7.37. The standard InChI is InChI=1S/C18H24N4O2S/c1-4-13(23)22-9-5-8-18(2,10-22)12-7-6-11-14(19)15(16(24)20-3)25-17(11)21-12/h6-7H,4-5,8-10,19H2,1-3H3,(H,20,24)/t18-/m0/s1. The third-order valence-electron chi connectivity index (χ3n) is 5.00. The molecule has 3 rings (SSSR count). The number of carbonyl (C=O) groups is 2. The number of amides is 2. The number of nitrogens with zero attached hydrogens (tertiary/aromatic N) is 2. The van der Waals surface area contributed by atoms with Crippen molar-refractivity contribution in [1.29, 1.82) is 0 Å². The summed E-state index contributed by atoms with van der Waals surface area (Å²) < 4.78 is 0. The highest BCUT2D eigenvalue weighted by Crippen LogP contribution is 2.37. The zero-order valence-corrected chi connectivity index (χ0v) is 15.7. The molecule has 6 nitrogen and oxygen atoms in total. The van der Waals surface area contributed by atoms with Gasteiger partial charge in [0.2, 0.25) is 5.91 Å². The van der Waals surface area contributed by atoms with Gasteiger partial charge in [-0.1, -0.05) is 13.8 Å². The molecule has 25 heavy (non-hydrogen) atoms. The molecule has 2 aromatic rings. The molecule has 0 bridgehead atoms. The number of anilines is 1. The first-order valence-electron chi connectivity index (χ1n) is 8.59. The molecule has 1 aliphatic rings. The number of rotatable bonds is 3. The number of pyridine rings is 1. The molecule has 0 aliphatic carbocycles. The molecule has 3 heterocycles. The molecule has 0 radical (unpaired) electrons. The molecule has 2 amide bonds. The molecule has 134 valence electrons. The molecule has 7 heteroatoms. The lowest BCUT2D eigenvalue weighted by Crippen LogP contribution is -2.47. The topological polar surface area (TPSA) is 88.3 Å². The summed E-state index contributed by atoms with van der Waals surface area (Å²) in [6.07, 6.45) is 2.49. The minimum Gasteiger partial charge on any atom is -0.397 e. The van der Waals surface area contributed by atoms with E-state index < -0.39 is 0 Å². The Kier molecular flexibility index (Phi) is 4.69. The van der Waals surface area contributed by atoms with Crippen LogP contribution in [0.25, 0.3) is 10.2 Å². The van der Waals surface area contributed by atoms with Gasteiger partial charge in [-0.3, -0.25) is 9.59 Å². The highest BCUT2D eigenvalue weighted by molar-refractivity contribution is 7.21. The van der Waals surface area contributed by atoms with Crippen LogP contribution in [0.15, 0.2) is 12.1 Å². The average Bonchev–Trinajstić information content (AvgIpc) is 2.96. The van der Waals surface area contributed by atoms with Gasteiger partial charge in [-0.25, -0.2) is 4.98 Å². The largest absolute Gasteiger partial charge is 0.397 e. The number of hydrogen-bond donors (Lipinski definition) is 2. The number of carbonyl (C=O) groups excluding carboxylic acids is 2. The number of nitrogens with one attached hydrogen (secondary N) is 1. The van der Waals surface area contributed by atoms with Crippen molar-refractivity contribution in [2.45, 2.75) is 38.5 Å².